The molecule has 3 aromatic rings. The normalized spacial score (nSPS) is 16.6. The fraction of sp³-hybridized carbons (Fsp3) is 0.207. The summed E-state index contributed by atoms with van der Waals surface area (Å²) in [5.41, 5.74) is 1.89. The molecule has 0 unspecified atom stereocenters. The van der Waals surface area contributed by atoms with Crippen molar-refractivity contribution in [3.63, 3.8) is 0 Å². The highest BCUT2D eigenvalue weighted by molar-refractivity contribution is 6.15. The number of Topliss-reactive ketones (excluding diaryl/α,β-unsaturated/α-hetero) is 1. The molecule has 200 valence electrons. The Bertz CT molecular complexity index is 1520. The molecule has 10 nitrogen and oxygen atoms in total. The van der Waals surface area contributed by atoms with Crippen molar-refractivity contribution in [1.29, 1.82) is 0 Å². The Labute approximate surface area is 223 Å². The lowest BCUT2D eigenvalue weighted by molar-refractivity contribution is -0.139. The predicted octanol–water partition coefficient (Wildman–Crippen LogP) is 4.23. The van der Waals surface area contributed by atoms with Crippen LogP contribution in [0.4, 0.5) is 0 Å². The SMILES string of the molecule is COc1cc(OC)c(OC)cc1/C=C1\Oc2c(ccc3c2[C@H](c2ccccc2OCC(=O)O)CC(=O)O3)C1=O. The fourth-order valence-corrected chi connectivity index (χ4v) is 4.72. The zero-order valence-corrected chi connectivity index (χ0v) is 21.3. The van der Waals surface area contributed by atoms with Crippen molar-refractivity contribution in [3.05, 3.63) is 76.5 Å². The van der Waals surface area contributed by atoms with Crippen LogP contribution in [0.5, 0.6) is 34.5 Å². The molecule has 39 heavy (non-hydrogen) atoms. The number of carboxylic acid groups (broad SMARTS) is 1. The average Bonchev–Trinajstić information content (AvgIpc) is 3.25. The minimum atomic E-state index is -1.14. The smallest absolute Gasteiger partial charge is 0.341 e. The number of aliphatic carboxylic acids is 1. The van der Waals surface area contributed by atoms with Crippen LogP contribution in [0.2, 0.25) is 0 Å². The number of carbonyl (C=O) groups is 3. The lowest BCUT2D eigenvalue weighted by Crippen LogP contribution is -2.22. The van der Waals surface area contributed by atoms with E-state index in [0.29, 0.717) is 45.3 Å². The van der Waals surface area contributed by atoms with E-state index in [4.69, 9.17) is 33.5 Å². The number of ether oxygens (including phenoxy) is 6. The Kier molecular flexibility index (Phi) is 6.84. The quantitative estimate of drug-likeness (QED) is 0.256. The molecule has 0 aromatic heterocycles. The third kappa shape index (κ3) is 4.72. The monoisotopic (exact) mass is 532 g/mol. The molecule has 0 fully saturated rings. The van der Waals surface area contributed by atoms with Gasteiger partial charge in [0.2, 0.25) is 5.78 Å². The number of benzene rings is 3. The Morgan fingerprint density at radius 3 is 2.38 bits per heavy atom. The van der Waals surface area contributed by atoms with Crippen molar-refractivity contribution in [2.24, 2.45) is 0 Å². The summed E-state index contributed by atoms with van der Waals surface area (Å²) in [5, 5.41) is 9.10. The van der Waals surface area contributed by atoms with Gasteiger partial charge in [0, 0.05) is 28.7 Å². The first-order chi connectivity index (χ1) is 18.8. The van der Waals surface area contributed by atoms with Gasteiger partial charge in [0.05, 0.1) is 33.3 Å². The van der Waals surface area contributed by atoms with E-state index in [1.165, 1.54) is 21.3 Å². The predicted molar refractivity (Wildman–Crippen MR) is 137 cm³/mol. The van der Waals surface area contributed by atoms with Crippen LogP contribution in [-0.2, 0) is 9.59 Å². The Hall–Kier alpha value is -4.99. The van der Waals surface area contributed by atoms with Crippen molar-refractivity contribution >= 4 is 23.8 Å². The number of rotatable bonds is 8. The number of methoxy groups -OCH3 is 3. The van der Waals surface area contributed by atoms with Gasteiger partial charge in [-0.2, -0.15) is 0 Å². The van der Waals surface area contributed by atoms with Gasteiger partial charge in [0.1, 0.15) is 23.0 Å². The molecule has 0 bridgehead atoms. The van der Waals surface area contributed by atoms with Gasteiger partial charge < -0.3 is 33.5 Å². The van der Waals surface area contributed by atoms with Crippen LogP contribution in [0.3, 0.4) is 0 Å². The maximum Gasteiger partial charge on any atom is 0.341 e. The number of hydrogen-bond acceptors (Lipinski definition) is 9. The summed E-state index contributed by atoms with van der Waals surface area (Å²) in [7, 11) is 4.50. The number of carboxylic acids is 1. The van der Waals surface area contributed by atoms with E-state index >= 15 is 0 Å². The molecule has 0 amide bonds. The van der Waals surface area contributed by atoms with Gasteiger partial charge in [-0.15, -0.1) is 0 Å². The largest absolute Gasteiger partial charge is 0.496 e. The van der Waals surface area contributed by atoms with Gasteiger partial charge >= 0.3 is 11.9 Å². The van der Waals surface area contributed by atoms with Gasteiger partial charge in [-0.25, -0.2) is 4.79 Å². The van der Waals surface area contributed by atoms with Gasteiger partial charge in [-0.3, -0.25) is 9.59 Å². The number of para-hydroxylation sites is 1. The van der Waals surface area contributed by atoms with Crippen LogP contribution >= 0.6 is 0 Å². The number of carbonyl (C=O) groups excluding carboxylic acids is 2. The third-order valence-corrected chi connectivity index (χ3v) is 6.45. The second-order valence-electron chi connectivity index (χ2n) is 8.69. The average molecular weight is 533 g/mol. The maximum atomic E-state index is 13.4. The molecule has 0 spiro atoms. The second kappa shape index (κ2) is 10.4. The van der Waals surface area contributed by atoms with Crippen molar-refractivity contribution in [3.8, 4) is 34.5 Å². The second-order valence-corrected chi connectivity index (χ2v) is 8.69. The number of allylic oxidation sites excluding steroid dienone is 1. The molecule has 2 heterocycles. The van der Waals surface area contributed by atoms with Crippen LogP contribution in [0, 0.1) is 0 Å². The zero-order chi connectivity index (χ0) is 27.7. The highest BCUT2D eigenvalue weighted by Gasteiger charge is 2.39. The number of hydrogen-bond donors (Lipinski definition) is 1. The molecule has 5 rings (SSSR count). The number of ketones is 1. The molecule has 0 radical (unpaired) electrons. The molecule has 2 aliphatic heterocycles. The van der Waals surface area contributed by atoms with E-state index in [0.717, 1.165) is 0 Å². The Morgan fingerprint density at radius 1 is 0.949 bits per heavy atom. The molecule has 3 aromatic carbocycles. The lowest BCUT2D eigenvalue weighted by atomic mass is 9.84. The summed E-state index contributed by atoms with van der Waals surface area (Å²) >= 11 is 0. The van der Waals surface area contributed by atoms with E-state index in [1.54, 1.807) is 54.6 Å². The fourth-order valence-electron chi connectivity index (χ4n) is 4.72. The molecule has 1 atom stereocenters. The zero-order valence-electron chi connectivity index (χ0n) is 21.3. The van der Waals surface area contributed by atoms with Gasteiger partial charge in [-0.05, 0) is 30.3 Å². The first-order valence-corrected chi connectivity index (χ1v) is 11.9. The van der Waals surface area contributed by atoms with Crippen LogP contribution in [0.1, 0.15) is 39.4 Å². The standard InChI is InChI=1S/C29H24O10/c1-34-21-13-23(36-3)22(35-2)10-15(21)11-24-28(33)17-8-9-20-27(29(17)39-24)18(12-26(32)38-20)16-6-4-5-7-19(16)37-14-25(30)31/h4-11,13,18H,12,14H2,1-3H3,(H,30,31)/b24-11-/t18-/m0/s1. The third-order valence-electron chi connectivity index (χ3n) is 6.45. The minimum Gasteiger partial charge on any atom is -0.496 e. The molecule has 1 N–H and O–H groups in total. The van der Waals surface area contributed by atoms with E-state index in [-0.39, 0.29) is 29.5 Å². The van der Waals surface area contributed by atoms with Crippen LogP contribution < -0.4 is 28.4 Å². The van der Waals surface area contributed by atoms with Gasteiger partial charge in [0.25, 0.3) is 0 Å². The van der Waals surface area contributed by atoms with Gasteiger partial charge in [0.15, 0.2) is 23.9 Å². The van der Waals surface area contributed by atoms with Crippen molar-refractivity contribution in [1.82, 2.24) is 0 Å². The molecule has 0 saturated carbocycles. The van der Waals surface area contributed by atoms with Crippen LogP contribution in [-0.4, -0.2) is 50.8 Å². The molecular weight excluding hydrogens is 508 g/mol. The van der Waals surface area contributed by atoms with Crippen molar-refractivity contribution < 1.29 is 47.9 Å². The first-order valence-electron chi connectivity index (χ1n) is 11.9. The molecule has 10 heteroatoms. The van der Waals surface area contributed by atoms with Crippen molar-refractivity contribution in [2.45, 2.75) is 12.3 Å². The number of fused-ring (bicyclic) bond motifs is 3. The minimum absolute atomic E-state index is 0.0370. The molecule has 0 saturated heterocycles. The summed E-state index contributed by atoms with van der Waals surface area (Å²) in [4.78, 5) is 37.1. The van der Waals surface area contributed by atoms with Gasteiger partial charge in [-0.1, -0.05) is 18.2 Å². The summed E-state index contributed by atoms with van der Waals surface area (Å²) < 4.78 is 33.3. The first kappa shape index (κ1) is 25.7. The van der Waals surface area contributed by atoms with E-state index < -0.39 is 24.5 Å². The Morgan fingerprint density at radius 2 is 1.67 bits per heavy atom. The molecule has 0 aliphatic carbocycles. The van der Waals surface area contributed by atoms with E-state index in [1.807, 2.05) is 0 Å². The van der Waals surface area contributed by atoms with Crippen molar-refractivity contribution in [2.75, 3.05) is 27.9 Å². The summed E-state index contributed by atoms with van der Waals surface area (Å²) in [5.74, 6) is -0.399. The summed E-state index contributed by atoms with van der Waals surface area (Å²) in [6, 6.07) is 13.2. The highest BCUT2D eigenvalue weighted by atomic mass is 16.5. The highest BCUT2D eigenvalue weighted by Crippen LogP contribution is 2.50. The lowest BCUT2D eigenvalue weighted by Gasteiger charge is -2.27. The topological polar surface area (TPSA) is 127 Å². The van der Waals surface area contributed by atoms with Crippen LogP contribution in [0.25, 0.3) is 6.08 Å². The van der Waals surface area contributed by atoms with Crippen LogP contribution in [0.15, 0.2) is 54.3 Å². The molecule has 2 aliphatic rings. The summed E-state index contributed by atoms with van der Waals surface area (Å²) in [6.45, 7) is -0.553. The number of esters is 1. The van der Waals surface area contributed by atoms with E-state index in [2.05, 4.69) is 0 Å². The molecular formula is C29H24O10. The van der Waals surface area contributed by atoms with E-state index in [9.17, 15) is 14.4 Å². The Balaban J connectivity index is 1.60. The maximum absolute atomic E-state index is 13.4. The summed E-state index contributed by atoms with van der Waals surface area (Å²) in [6.07, 6.45) is 1.49.